The lowest BCUT2D eigenvalue weighted by molar-refractivity contribution is -0.157. The van der Waals surface area contributed by atoms with Crippen LogP contribution in [0, 0.1) is 0 Å². The van der Waals surface area contributed by atoms with E-state index in [-0.39, 0.29) is 11.8 Å². The first-order valence-corrected chi connectivity index (χ1v) is 7.83. The Hall–Kier alpha value is -1.88. The van der Waals surface area contributed by atoms with Gasteiger partial charge in [0.05, 0.1) is 19.7 Å². The molecule has 0 unspecified atom stereocenters. The molecule has 1 aromatic rings. The third-order valence-corrected chi connectivity index (χ3v) is 4.54. The molecular weight excluding hydrogens is 280 g/mol. The lowest BCUT2D eigenvalue weighted by Crippen LogP contribution is -2.61. The molecule has 0 radical (unpaired) electrons. The number of amides is 2. The Morgan fingerprint density at radius 2 is 1.82 bits per heavy atom. The van der Waals surface area contributed by atoms with Crippen molar-refractivity contribution in [3.63, 3.8) is 0 Å². The van der Waals surface area contributed by atoms with Gasteiger partial charge in [-0.05, 0) is 25.0 Å². The van der Waals surface area contributed by atoms with Crippen molar-refractivity contribution in [3.05, 3.63) is 35.9 Å². The van der Waals surface area contributed by atoms with E-state index in [1.165, 1.54) is 0 Å². The van der Waals surface area contributed by atoms with Crippen molar-refractivity contribution in [2.75, 3.05) is 32.8 Å². The Balaban J connectivity index is 1.74. The fourth-order valence-corrected chi connectivity index (χ4v) is 3.40. The molecule has 2 amide bonds. The van der Waals surface area contributed by atoms with E-state index in [1.54, 1.807) is 6.92 Å². The Morgan fingerprint density at radius 3 is 2.55 bits per heavy atom. The standard InChI is InChI=1S/C17H22N2O3/c1-14(20)18-10-11-22-17(12-18)8-5-9-19(13-17)16(21)15-6-3-2-4-7-15/h2-4,6-7H,5,8-13H2,1H3/t17-/m1/s1. The molecule has 0 bridgehead atoms. The molecule has 1 atom stereocenters. The number of ether oxygens (including phenoxy) is 1. The van der Waals surface area contributed by atoms with Gasteiger partial charge in [-0.2, -0.15) is 0 Å². The van der Waals surface area contributed by atoms with E-state index in [0.717, 1.165) is 19.4 Å². The van der Waals surface area contributed by atoms with E-state index >= 15 is 0 Å². The number of carbonyl (C=O) groups is 2. The quantitative estimate of drug-likeness (QED) is 0.790. The number of likely N-dealkylation sites (tertiary alicyclic amines) is 1. The van der Waals surface area contributed by atoms with Gasteiger partial charge in [-0.3, -0.25) is 9.59 Å². The molecule has 2 heterocycles. The van der Waals surface area contributed by atoms with Gasteiger partial charge in [-0.15, -0.1) is 0 Å². The smallest absolute Gasteiger partial charge is 0.253 e. The maximum Gasteiger partial charge on any atom is 0.253 e. The molecule has 22 heavy (non-hydrogen) atoms. The predicted octanol–water partition coefficient (Wildman–Crippen LogP) is 1.54. The second kappa shape index (κ2) is 6.08. The molecule has 5 nitrogen and oxygen atoms in total. The second-order valence-electron chi connectivity index (χ2n) is 6.17. The summed E-state index contributed by atoms with van der Waals surface area (Å²) in [6, 6.07) is 9.34. The highest BCUT2D eigenvalue weighted by atomic mass is 16.5. The predicted molar refractivity (Wildman–Crippen MR) is 82.5 cm³/mol. The minimum atomic E-state index is -0.396. The molecule has 0 aromatic heterocycles. The molecule has 2 aliphatic rings. The minimum absolute atomic E-state index is 0.0447. The van der Waals surface area contributed by atoms with Crippen LogP contribution in [0.1, 0.15) is 30.1 Å². The number of carbonyl (C=O) groups excluding carboxylic acids is 2. The first kappa shape index (κ1) is 15.0. The van der Waals surface area contributed by atoms with Crippen molar-refractivity contribution >= 4 is 11.8 Å². The number of morpholine rings is 1. The van der Waals surface area contributed by atoms with Gasteiger partial charge < -0.3 is 14.5 Å². The monoisotopic (exact) mass is 302 g/mol. The van der Waals surface area contributed by atoms with Gasteiger partial charge in [0.2, 0.25) is 5.91 Å². The molecule has 1 aromatic carbocycles. The van der Waals surface area contributed by atoms with Crippen LogP contribution in [0.5, 0.6) is 0 Å². The molecule has 3 rings (SSSR count). The van der Waals surface area contributed by atoms with Crippen molar-refractivity contribution < 1.29 is 14.3 Å². The summed E-state index contributed by atoms with van der Waals surface area (Å²) in [5.74, 6) is 0.123. The van der Waals surface area contributed by atoms with E-state index < -0.39 is 5.60 Å². The fraction of sp³-hybridized carbons (Fsp3) is 0.529. The summed E-state index contributed by atoms with van der Waals surface area (Å²) in [5.41, 5.74) is 0.311. The van der Waals surface area contributed by atoms with Gasteiger partial charge in [0.1, 0.15) is 5.60 Å². The molecule has 0 saturated carbocycles. The van der Waals surface area contributed by atoms with Crippen LogP contribution in [0.3, 0.4) is 0 Å². The fourth-order valence-electron chi connectivity index (χ4n) is 3.40. The number of rotatable bonds is 1. The van der Waals surface area contributed by atoms with Crippen LogP contribution < -0.4 is 0 Å². The van der Waals surface area contributed by atoms with Gasteiger partial charge in [-0.1, -0.05) is 18.2 Å². The Morgan fingerprint density at radius 1 is 1.09 bits per heavy atom. The third kappa shape index (κ3) is 2.99. The van der Waals surface area contributed by atoms with Crippen molar-refractivity contribution in [1.82, 2.24) is 9.80 Å². The Kier molecular flexibility index (Phi) is 4.16. The van der Waals surface area contributed by atoms with E-state index in [1.807, 2.05) is 40.1 Å². The maximum absolute atomic E-state index is 12.6. The molecule has 0 N–H and O–H groups in total. The molecular formula is C17H22N2O3. The first-order chi connectivity index (χ1) is 10.6. The largest absolute Gasteiger partial charge is 0.369 e. The van der Waals surface area contributed by atoms with Gasteiger partial charge >= 0.3 is 0 Å². The van der Waals surface area contributed by atoms with Crippen LogP contribution in [0.25, 0.3) is 0 Å². The molecule has 2 saturated heterocycles. The van der Waals surface area contributed by atoms with Crippen LogP contribution in [0.15, 0.2) is 30.3 Å². The minimum Gasteiger partial charge on any atom is -0.369 e. The van der Waals surface area contributed by atoms with E-state index in [2.05, 4.69) is 0 Å². The Bertz CT molecular complexity index is 556. The highest BCUT2D eigenvalue weighted by Crippen LogP contribution is 2.29. The molecule has 2 fully saturated rings. The summed E-state index contributed by atoms with van der Waals surface area (Å²) in [4.78, 5) is 28.0. The summed E-state index contributed by atoms with van der Waals surface area (Å²) in [6.45, 7) is 4.68. The Labute approximate surface area is 130 Å². The van der Waals surface area contributed by atoms with Gasteiger partial charge in [0.25, 0.3) is 5.91 Å². The average molecular weight is 302 g/mol. The van der Waals surface area contributed by atoms with Crippen LogP contribution in [-0.4, -0.2) is 60.0 Å². The van der Waals surface area contributed by atoms with Crippen molar-refractivity contribution in [1.29, 1.82) is 0 Å². The van der Waals surface area contributed by atoms with Gasteiger partial charge in [0.15, 0.2) is 0 Å². The van der Waals surface area contributed by atoms with Crippen LogP contribution in [-0.2, 0) is 9.53 Å². The number of hydrogen-bond donors (Lipinski definition) is 0. The van der Waals surface area contributed by atoms with E-state index in [9.17, 15) is 9.59 Å². The molecule has 1 spiro atoms. The van der Waals surface area contributed by atoms with E-state index in [0.29, 0.717) is 31.8 Å². The average Bonchev–Trinajstić information content (AvgIpc) is 2.55. The third-order valence-electron chi connectivity index (χ3n) is 4.54. The summed E-state index contributed by atoms with van der Waals surface area (Å²) in [5, 5.41) is 0. The summed E-state index contributed by atoms with van der Waals surface area (Å²) in [6.07, 6.45) is 1.81. The topological polar surface area (TPSA) is 49.9 Å². The molecule has 118 valence electrons. The molecule has 0 aliphatic carbocycles. The SMILES string of the molecule is CC(=O)N1CCO[C@]2(CCCN(C(=O)c3ccccc3)C2)C1. The van der Waals surface area contributed by atoms with Gasteiger partial charge in [-0.25, -0.2) is 0 Å². The van der Waals surface area contributed by atoms with Crippen molar-refractivity contribution in [3.8, 4) is 0 Å². The number of benzene rings is 1. The van der Waals surface area contributed by atoms with Crippen molar-refractivity contribution in [2.24, 2.45) is 0 Å². The van der Waals surface area contributed by atoms with Gasteiger partial charge in [0, 0.05) is 25.6 Å². The zero-order valence-electron chi connectivity index (χ0n) is 13.0. The highest BCUT2D eigenvalue weighted by molar-refractivity contribution is 5.94. The first-order valence-electron chi connectivity index (χ1n) is 7.83. The zero-order valence-corrected chi connectivity index (χ0v) is 13.0. The summed E-state index contributed by atoms with van der Waals surface area (Å²) < 4.78 is 6.02. The normalized spacial score (nSPS) is 25.3. The lowest BCUT2D eigenvalue weighted by atomic mass is 9.90. The van der Waals surface area contributed by atoms with Crippen molar-refractivity contribution in [2.45, 2.75) is 25.4 Å². The molecule has 2 aliphatic heterocycles. The van der Waals surface area contributed by atoms with E-state index in [4.69, 9.17) is 4.74 Å². The van der Waals surface area contributed by atoms with Crippen LogP contribution in [0.2, 0.25) is 0 Å². The van der Waals surface area contributed by atoms with Crippen LogP contribution >= 0.6 is 0 Å². The summed E-state index contributed by atoms with van der Waals surface area (Å²) in [7, 11) is 0. The van der Waals surface area contributed by atoms with Crippen LogP contribution in [0.4, 0.5) is 0 Å². The second-order valence-corrected chi connectivity index (χ2v) is 6.17. The summed E-state index contributed by atoms with van der Waals surface area (Å²) >= 11 is 0. The number of piperidine rings is 1. The lowest BCUT2D eigenvalue weighted by Gasteiger charge is -2.47. The highest BCUT2D eigenvalue weighted by Gasteiger charge is 2.42. The molecule has 5 heteroatoms. The maximum atomic E-state index is 12.6. The zero-order chi connectivity index (χ0) is 15.6. The number of nitrogens with zero attached hydrogens (tertiary/aromatic N) is 2. The number of hydrogen-bond acceptors (Lipinski definition) is 3.